The smallest absolute Gasteiger partial charge is 0.272 e. The van der Waals surface area contributed by atoms with Crippen molar-refractivity contribution in [2.75, 3.05) is 39.3 Å². The number of imidazole rings is 1. The van der Waals surface area contributed by atoms with Crippen LogP contribution in [-0.4, -0.2) is 70.6 Å². The van der Waals surface area contributed by atoms with Gasteiger partial charge in [-0.25, -0.2) is 9.37 Å². The summed E-state index contributed by atoms with van der Waals surface area (Å²) < 4.78 is 14.9. The Bertz CT molecular complexity index is 748. The third-order valence-corrected chi connectivity index (χ3v) is 5.08. The fourth-order valence-corrected chi connectivity index (χ4v) is 3.69. The Morgan fingerprint density at radius 2 is 1.81 bits per heavy atom. The molecule has 4 rings (SSSR count). The highest BCUT2D eigenvalue weighted by atomic mass is 35.5. The van der Waals surface area contributed by atoms with E-state index in [2.05, 4.69) is 15.2 Å². The zero-order valence-corrected chi connectivity index (χ0v) is 16.5. The summed E-state index contributed by atoms with van der Waals surface area (Å²) in [6.07, 6.45) is 4.20. The molecule has 0 aliphatic carbocycles. The summed E-state index contributed by atoms with van der Waals surface area (Å²) in [6, 6.07) is 6.52. The van der Waals surface area contributed by atoms with Gasteiger partial charge in [0, 0.05) is 51.0 Å². The zero-order chi connectivity index (χ0) is 17.2. The van der Waals surface area contributed by atoms with Gasteiger partial charge in [0.25, 0.3) is 5.91 Å². The fourth-order valence-electron chi connectivity index (χ4n) is 3.69. The van der Waals surface area contributed by atoms with Crippen LogP contribution in [0.2, 0.25) is 0 Å². The Balaban J connectivity index is 0.00000131. The monoisotopic (exact) mass is 415 g/mol. The molecule has 2 aliphatic heterocycles. The van der Waals surface area contributed by atoms with Crippen molar-refractivity contribution in [1.82, 2.24) is 24.7 Å². The zero-order valence-electron chi connectivity index (χ0n) is 14.9. The molecule has 0 saturated carbocycles. The number of hydrogen-bond acceptors (Lipinski definition) is 4. The minimum atomic E-state index is -0.296. The summed E-state index contributed by atoms with van der Waals surface area (Å²) in [7, 11) is 0. The molecule has 27 heavy (non-hydrogen) atoms. The Morgan fingerprint density at radius 1 is 1.11 bits per heavy atom. The lowest BCUT2D eigenvalue weighted by atomic mass is 10.2. The molecule has 1 N–H and O–H groups in total. The molecule has 1 aromatic heterocycles. The van der Waals surface area contributed by atoms with Crippen LogP contribution >= 0.6 is 24.8 Å². The second kappa shape index (κ2) is 9.50. The average molecular weight is 416 g/mol. The lowest BCUT2D eigenvalue weighted by Gasteiger charge is -2.32. The van der Waals surface area contributed by atoms with Crippen molar-refractivity contribution in [3.8, 4) is 5.69 Å². The topological polar surface area (TPSA) is 53.4 Å². The summed E-state index contributed by atoms with van der Waals surface area (Å²) in [5.74, 6) is -0.311. The first kappa shape index (κ1) is 21.6. The molecule has 1 aromatic carbocycles. The summed E-state index contributed by atoms with van der Waals surface area (Å²) in [5, 5.41) is 3.36. The predicted molar refractivity (Wildman–Crippen MR) is 107 cm³/mol. The van der Waals surface area contributed by atoms with Crippen LogP contribution in [0.15, 0.2) is 36.8 Å². The normalized spacial score (nSPS) is 20.0. The second-order valence-corrected chi connectivity index (χ2v) is 6.60. The van der Waals surface area contributed by atoms with Crippen molar-refractivity contribution in [2.24, 2.45) is 0 Å². The highest BCUT2D eigenvalue weighted by Crippen LogP contribution is 2.20. The third-order valence-electron chi connectivity index (χ3n) is 5.08. The first-order valence-electron chi connectivity index (χ1n) is 8.75. The van der Waals surface area contributed by atoms with Gasteiger partial charge in [-0.3, -0.25) is 14.3 Å². The summed E-state index contributed by atoms with van der Waals surface area (Å²) in [5.41, 5.74) is 1.26. The Hall–Kier alpha value is -1.67. The molecule has 2 saturated heterocycles. The van der Waals surface area contributed by atoms with Crippen LogP contribution < -0.4 is 5.32 Å². The molecule has 2 aromatic rings. The molecule has 1 unspecified atom stereocenters. The van der Waals surface area contributed by atoms with Crippen molar-refractivity contribution in [2.45, 2.75) is 12.5 Å². The van der Waals surface area contributed by atoms with Crippen LogP contribution in [0.1, 0.15) is 16.9 Å². The standard InChI is InChI=1S/C18H22FN5O.2ClH/c19-14-1-3-15(4-2-14)24-13-21-11-17(24)18(25)23-8-5-16(12-23)22-9-6-20-7-10-22;;/h1-4,11,13,16,20H,5-10,12H2;2*1H. The maximum Gasteiger partial charge on any atom is 0.272 e. The number of piperazine rings is 1. The minimum Gasteiger partial charge on any atom is -0.336 e. The number of rotatable bonds is 3. The predicted octanol–water partition coefficient (Wildman–Crippen LogP) is 1.97. The van der Waals surface area contributed by atoms with E-state index in [-0.39, 0.29) is 36.5 Å². The number of carbonyl (C=O) groups excluding carboxylic acids is 1. The lowest BCUT2D eigenvalue weighted by Crippen LogP contribution is -2.49. The molecule has 6 nitrogen and oxygen atoms in total. The number of benzene rings is 1. The van der Waals surface area contributed by atoms with Crippen LogP contribution in [0.25, 0.3) is 5.69 Å². The van der Waals surface area contributed by atoms with Crippen molar-refractivity contribution in [3.05, 3.63) is 48.3 Å². The molecule has 2 fully saturated rings. The van der Waals surface area contributed by atoms with Gasteiger partial charge in [-0.05, 0) is 30.7 Å². The molecule has 9 heteroatoms. The number of halogens is 3. The number of nitrogens with zero attached hydrogens (tertiary/aromatic N) is 4. The molecule has 1 amide bonds. The number of carbonyl (C=O) groups is 1. The molecular weight excluding hydrogens is 392 g/mol. The van der Waals surface area contributed by atoms with Gasteiger partial charge in [0.1, 0.15) is 11.5 Å². The molecule has 1 atom stereocenters. The number of hydrogen-bond donors (Lipinski definition) is 1. The van der Waals surface area contributed by atoms with Gasteiger partial charge in [0.15, 0.2) is 0 Å². The number of aromatic nitrogens is 2. The summed E-state index contributed by atoms with van der Waals surface area (Å²) >= 11 is 0. The average Bonchev–Trinajstić information content (AvgIpc) is 3.32. The van der Waals surface area contributed by atoms with Crippen LogP contribution in [0.5, 0.6) is 0 Å². The van der Waals surface area contributed by atoms with Gasteiger partial charge >= 0.3 is 0 Å². The van der Waals surface area contributed by atoms with E-state index >= 15 is 0 Å². The van der Waals surface area contributed by atoms with E-state index in [1.54, 1.807) is 29.2 Å². The highest BCUT2D eigenvalue weighted by molar-refractivity contribution is 5.93. The minimum absolute atomic E-state index is 0. The first-order chi connectivity index (χ1) is 12.2. The van der Waals surface area contributed by atoms with E-state index in [0.29, 0.717) is 11.7 Å². The quantitative estimate of drug-likeness (QED) is 0.832. The van der Waals surface area contributed by atoms with E-state index in [1.165, 1.54) is 12.1 Å². The van der Waals surface area contributed by atoms with E-state index in [9.17, 15) is 9.18 Å². The highest BCUT2D eigenvalue weighted by Gasteiger charge is 2.32. The van der Waals surface area contributed by atoms with Crippen LogP contribution in [0.4, 0.5) is 4.39 Å². The van der Waals surface area contributed by atoms with E-state index in [1.807, 2.05) is 4.90 Å². The largest absolute Gasteiger partial charge is 0.336 e. The maximum atomic E-state index is 13.1. The SMILES string of the molecule is Cl.Cl.O=C(c1cncn1-c1ccc(F)cc1)N1CCC(N2CCNCC2)C1. The Morgan fingerprint density at radius 3 is 2.52 bits per heavy atom. The van der Waals surface area contributed by atoms with E-state index < -0.39 is 0 Å². The molecule has 0 bridgehead atoms. The molecule has 2 aliphatic rings. The fraction of sp³-hybridized carbons (Fsp3) is 0.444. The van der Waals surface area contributed by atoms with Gasteiger partial charge in [0.05, 0.1) is 12.5 Å². The van der Waals surface area contributed by atoms with Crippen molar-refractivity contribution < 1.29 is 9.18 Å². The van der Waals surface area contributed by atoms with Crippen molar-refractivity contribution in [3.63, 3.8) is 0 Å². The molecule has 3 heterocycles. The molecule has 0 radical (unpaired) electrons. The van der Waals surface area contributed by atoms with Crippen LogP contribution in [-0.2, 0) is 0 Å². The Kier molecular flexibility index (Phi) is 7.61. The van der Waals surface area contributed by atoms with Gasteiger partial charge < -0.3 is 10.2 Å². The number of nitrogens with one attached hydrogen (secondary N) is 1. The van der Waals surface area contributed by atoms with Gasteiger partial charge in [-0.2, -0.15) is 0 Å². The van der Waals surface area contributed by atoms with E-state index in [0.717, 1.165) is 51.4 Å². The number of amides is 1. The van der Waals surface area contributed by atoms with Crippen LogP contribution in [0.3, 0.4) is 0 Å². The molecule has 148 valence electrons. The lowest BCUT2D eigenvalue weighted by molar-refractivity contribution is 0.0765. The van der Waals surface area contributed by atoms with Gasteiger partial charge in [0.2, 0.25) is 0 Å². The molecule has 0 spiro atoms. The second-order valence-electron chi connectivity index (χ2n) is 6.60. The third kappa shape index (κ3) is 4.60. The van der Waals surface area contributed by atoms with Crippen molar-refractivity contribution >= 4 is 30.7 Å². The molecular formula is C18H24Cl2FN5O. The summed E-state index contributed by atoms with van der Waals surface area (Å²) in [6.45, 7) is 5.64. The number of likely N-dealkylation sites (tertiary alicyclic amines) is 1. The van der Waals surface area contributed by atoms with Crippen LogP contribution in [0, 0.1) is 5.82 Å². The van der Waals surface area contributed by atoms with Gasteiger partial charge in [-0.1, -0.05) is 0 Å². The maximum absolute atomic E-state index is 13.1. The summed E-state index contributed by atoms with van der Waals surface area (Å²) in [4.78, 5) is 21.5. The first-order valence-corrected chi connectivity index (χ1v) is 8.75. The Labute approximate surface area is 170 Å². The van der Waals surface area contributed by atoms with E-state index in [4.69, 9.17) is 0 Å². The van der Waals surface area contributed by atoms with Gasteiger partial charge in [-0.15, -0.1) is 24.8 Å². The van der Waals surface area contributed by atoms with Crippen molar-refractivity contribution in [1.29, 1.82) is 0 Å².